The van der Waals surface area contributed by atoms with Crippen LogP contribution in [0.4, 0.5) is 5.69 Å². The standard InChI is InChI=1S/C21H21N5O3S/c27-19(25-10-9-16-11-15(13-1-2-13)5-8-18(16)25)12-30-21-22-23-24-26(21)17-6-3-14(4-7-17)20(28)29/h3-8,11,13,19,27H,1-2,9-10,12H2,(H,28,29). The molecule has 5 rings (SSSR count). The van der Waals surface area contributed by atoms with Crippen molar-refractivity contribution in [3.8, 4) is 5.69 Å². The molecule has 1 aliphatic heterocycles. The van der Waals surface area contributed by atoms with Crippen LogP contribution >= 0.6 is 11.8 Å². The van der Waals surface area contributed by atoms with E-state index in [0.29, 0.717) is 16.6 Å². The number of anilines is 1. The summed E-state index contributed by atoms with van der Waals surface area (Å²) in [4.78, 5) is 13.1. The maximum atomic E-state index is 11.0. The average Bonchev–Trinajstić information content (AvgIpc) is 3.36. The molecular formula is C21H21N5O3S. The molecule has 0 saturated heterocycles. The summed E-state index contributed by atoms with van der Waals surface area (Å²) in [5.74, 6) is 0.164. The number of rotatable bonds is 7. The van der Waals surface area contributed by atoms with E-state index in [0.717, 1.165) is 24.6 Å². The summed E-state index contributed by atoms with van der Waals surface area (Å²) < 4.78 is 1.54. The average molecular weight is 423 g/mol. The van der Waals surface area contributed by atoms with Crippen molar-refractivity contribution in [3.05, 3.63) is 59.2 Å². The fourth-order valence-corrected chi connectivity index (χ4v) is 4.68. The minimum atomic E-state index is -0.980. The van der Waals surface area contributed by atoms with Crippen molar-refractivity contribution >= 4 is 23.4 Å². The van der Waals surface area contributed by atoms with Gasteiger partial charge in [-0.15, -0.1) is 5.10 Å². The van der Waals surface area contributed by atoms with E-state index in [9.17, 15) is 9.90 Å². The zero-order chi connectivity index (χ0) is 20.7. The number of hydrogen-bond acceptors (Lipinski definition) is 7. The summed E-state index contributed by atoms with van der Waals surface area (Å²) in [6, 6.07) is 13.0. The Bertz CT molecular complexity index is 1080. The minimum Gasteiger partial charge on any atom is -0.478 e. The van der Waals surface area contributed by atoms with E-state index in [-0.39, 0.29) is 5.56 Å². The van der Waals surface area contributed by atoms with Crippen molar-refractivity contribution in [1.82, 2.24) is 20.2 Å². The number of fused-ring (bicyclic) bond motifs is 1. The molecule has 154 valence electrons. The van der Waals surface area contributed by atoms with Crippen LogP contribution in [-0.2, 0) is 6.42 Å². The Kier molecular flexibility index (Phi) is 4.92. The molecule has 1 aliphatic carbocycles. The molecule has 30 heavy (non-hydrogen) atoms. The Morgan fingerprint density at radius 2 is 2.00 bits per heavy atom. The van der Waals surface area contributed by atoms with Crippen LogP contribution < -0.4 is 4.90 Å². The van der Waals surface area contributed by atoms with E-state index in [1.165, 1.54) is 47.9 Å². The SMILES string of the molecule is O=C(O)c1ccc(-n2nnnc2SCC(O)N2CCc3cc(C4CC4)ccc32)cc1. The highest BCUT2D eigenvalue weighted by atomic mass is 32.2. The van der Waals surface area contributed by atoms with Crippen LogP contribution in [0.2, 0.25) is 0 Å². The molecule has 1 unspecified atom stereocenters. The van der Waals surface area contributed by atoms with Gasteiger partial charge in [0.2, 0.25) is 5.16 Å². The number of benzene rings is 2. The summed E-state index contributed by atoms with van der Waals surface area (Å²) in [6.07, 6.45) is 2.87. The van der Waals surface area contributed by atoms with Gasteiger partial charge in [-0.1, -0.05) is 23.9 Å². The summed E-state index contributed by atoms with van der Waals surface area (Å²) in [5, 5.41) is 32.2. The molecule has 1 aromatic heterocycles. The summed E-state index contributed by atoms with van der Waals surface area (Å²) in [5.41, 5.74) is 4.71. The highest BCUT2D eigenvalue weighted by Crippen LogP contribution is 2.42. The van der Waals surface area contributed by atoms with Crippen LogP contribution in [0.15, 0.2) is 47.6 Å². The molecule has 2 aliphatic rings. The van der Waals surface area contributed by atoms with Crippen molar-refractivity contribution < 1.29 is 15.0 Å². The lowest BCUT2D eigenvalue weighted by Crippen LogP contribution is -2.35. The van der Waals surface area contributed by atoms with Crippen LogP contribution in [-0.4, -0.2) is 54.9 Å². The molecule has 3 aromatic rings. The number of tetrazole rings is 1. The first kappa shape index (κ1) is 19.1. The number of hydrogen-bond donors (Lipinski definition) is 2. The van der Waals surface area contributed by atoms with Crippen molar-refractivity contribution in [1.29, 1.82) is 0 Å². The maximum Gasteiger partial charge on any atom is 0.335 e. The van der Waals surface area contributed by atoms with E-state index in [1.54, 1.807) is 16.8 Å². The first-order valence-electron chi connectivity index (χ1n) is 9.92. The third-order valence-corrected chi connectivity index (χ3v) is 6.58. The minimum absolute atomic E-state index is 0.203. The summed E-state index contributed by atoms with van der Waals surface area (Å²) in [6.45, 7) is 0.798. The Balaban J connectivity index is 1.26. The predicted octanol–water partition coefficient (Wildman–Crippen LogP) is 2.71. The molecule has 2 heterocycles. The van der Waals surface area contributed by atoms with E-state index in [4.69, 9.17) is 5.11 Å². The molecule has 1 fully saturated rings. The number of aliphatic hydroxyl groups is 1. The number of carboxylic acid groups (broad SMARTS) is 1. The van der Waals surface area contributed by atoms with Crippen molar-refractivity contribution in [2.75, 3.05) is 17.2 Å². The number of aliphatic hydroxyl groups excluding tert-OH is 1. The second kappa shape index (κ2) is 7.73. The van der Waals surface area contributed by atoms with Crippen LogP contribution in [0.1, 0.15) is 40.2 Å². The number of carboxylic acids is 1. The van der Waals surface area contributed by atoms with Crippen LogP contribution in [0, 0.1) is 0 Å². The number of carbonyl (C=O) groups is 1. The van der Waals surface area contributed by atoms with Crippen LogP contribution in [0.3, 0.4) is 0 Å². The lowest BCUT2D eigenvalue weighted by atomic mass is 10.1. The van der Waals surface area contributed by atoms with Crippen LogP contribution in [0.25, 0.3) is 5.69 Å². The second-order valence-electron chi connectivity index (χ2n) is 7.62. The van der Waals surface area contributed by atoms with Gasteiger partial charge in [-0.05, 0) is 77.1 Å². The van der Waals surface area contributed by atoms with E-state index in [2.05, 4.69) is 33.7 Å². The highest BCUT2D eigenvalue weighted by Gasteiger charge is 2.29. The normalized spacial score (nSPS) is 16.5. The molecule has 1 atom stereocenters. The number of aromatic nitrogens is 4. The molecule has 2 aromatic carbocycles. The smallest absolute Gasteiger partial charge is 0.335 e. The fourth-order valence-electron chi connectivity index (χ4n) is 3.84. The zero-order valence-electron chi connectivity index (χ0n) is 16.2. The topological polar surface area (TPSA) is 104 Å². The molecule has 0 radical (unpaired) electrons. The van der Waals surface area contributed by atoms with Gasteiger partial charge in [0.1, 0.15) is 6.23 Å². The lowest BCUT2D eigenvalue weighted by Gasteiger charge is -2.25. The van der Waals surface area contributed by atoms with Gasteiger partial charge in [-0.3, -0.25) is 0 Å². The highest BCUT2D eigenvalue weighted by molar-refractivity contribution is 7.99. The fraction of sp³-hybridized carbons (Fsp3) is 0.333. The van der Waals surface area contributed by atoms with E-state index >= 15 is 0 Å². The lowest BCUT2D eigenvalue weighted by molar-refractivity contribution is 0.0697. The Labute approximate surface area is 177 Å². The molecule has 8 nitrogen and oxygen atoms in total. The Morgan fingerprint density at radius 1 is 1.20 bits per heavy atom. The second-order valence-corrected chi connectivity index (χ2v) is 8.61. The molecule has 0 bridgehead atoms. The summed E-state index contributed by atoms with van der Waals surface area (Å²) in [7, 11) is 0. The number of aromatic carboxylic acids is 1. The summed E-state index contributed by atoms with van der Waals surface area (Å²) >= 11 is 1.37. The number of nitrogens with zero attached hydrogens (tertiary/aromatic N) is 5. The van der Waals surface area contributed by atoms with Gasteiger partial charge < -0.3 is 15.1 Å². The largest absolute Gasteiger partial charge is 0.478 e. The molecule has 2 N–H and O–H groups in total. The molecule has 0 amide bonds. The molecule has 1 saturated carbocycles. The van der Waals surface area contributed by atoms with Gasteiger partial charge >= 0.3 is 5.97 Å². The first-order valence-corrected chi connectivity index (χ1v) is 10.9. The first-order chi connectivity index (χ1) is 14.6. The van der Waals surface area contributed by atoms with Gasteiger partial charge in [0.25, 0.3) is 0 Å². The third-order valence-electron chi connectivity index (χ3n) is 5.60. The quantitative estimate of drug-likeness (QED) is 0.559. The number of thioether (sulfide) groups is 1. The van der Waals surface area contributed by atoms with Crippen molar-refractivity contribution in [2.24, 2.45) is 0 Å². The van der Waals surface area contributed by atoms with Crippen molar-refractivity contribution in [2.45, 2.75) is 36.6 Å². The van der Waals surface area contributed by atoms with E-state index in [1.807, 2.05) is 4.90 Å². The monoisotopic (exact) mass is 423 g/mol. The van der Waals surface area contributed by atoms with Gasteiger partial charge in [-0.25, -0.2) is 4.79 Å². The van der Waals surface area contributed by atoms with Gasteiger partial charge in [0, 0.05) is 18.0 Å². The van der Waals surface area contributed by atoms with Gasteiger partial charge in [-0.2, -0.15) is 4.68 Å². The predicted molar refractivity (Wildman–Crippen MR) is 112 cm³/mol. The molecular weight excluding hydrogens is 402 g/mol. The van der Waals surface area contributed by atoms with Crippen LogP contribution in [0.5, 0.6) is 0 Å². The third kappa shape index (κ3) is 3.66. The van der Waals surface area contributed by atoms with Gasteiger partial charge in [0.15, 0.2) is 0 Å². The van der Waals surface area contributed by atoms with Crippen molar-refractivity contribution in [3.63, 3.8) is 0 Å². The Hall–Kier alpha value is -2.91. The molecule has 9 heteroatoms. The maximum absolute atomic E-state index is 11.0. The van der Waals surface area contributed by atoms with Gasteiger partial charge in [0.05, 0.1) is 11.3 Å². The zero-order valence-corrected chi connectivity index (χ0v) is 17.0. The Morgan fingerprint density at radius 3 is 2.73 bits per heavy atom. The molecule has 0 spiro atoms. The van der Waals surface area contributed by atoms with E-state index < -0.39 is 12.2 Å².